The molecule has 0 unspecified atom stereocenters. The van der Waals surface area contributed by atoms with E-state index < -0.39 is 0 Å². The SMILES string of the molecule is CCCC(CCC)C(=O)N(C(=O)NC1CCCCC1)C1CCCCC1. The molecule has 0 aliphatic heterocycles. The van der Waals surface area contributed by atoms with Gasteiger partial charge in [-0.05, 0) is 38.5 Å². The number of nitrogens with one attached hydrogen (secondary N) is 1. The molecular weight excluding hydrogens is 312 g/mol. The van der Waals surface area contributed by atoms with Crippen molar-refractivity contribution in [2.45, 2.75) is 116 Å². The molecule has 0 aromatic carbocycles. The van der Waals surface area contributed by atoms with Crippen LogP contribution in [0.4, 0.5) is 4.79 Å². The second-order valence-electron chi connectivity index (χ2n) is 8.06. The van der Waals surface area contributed by atoms with E-state index in [1.807, 2.05) is 0 Å². The van der Waals surface area contributed by atoms with Crippen LogP contribution in [0.2, 0.25) is 0 Å². The summed E-state index contributed by atoms with van der Waals surface area (Å²) in [6.07, 6.45) is 15.0. The van der Waals surface area contributed by atoms with Crippen LogP contribution in [0.15, 0.2) is 0 Å². The zero-order valence-electron chi connectivity index (χ0n) is 16.4. The van der Waals surface area contributed by atoms with Gasteiger partial charge in [0.25, 0.3) is 0 Å². The van der Waals surface area contributed by atoms with E-state index in [0.29, 0.717) is 0 Å². The van der Waals surface area contributed by atoms with Crippen molar-refractivity contribution in [3.63, 3.8) is 0 Å². The minimum atomic E-state index is -0.110. The van der Waals surface area contributed by atoms with Crippen LogP contribution in [0.25, 0.3) is 0 Å². The van der Waals surface area contributed by atoms with Crippen molar-refractivity contribution in [3.8, 4) is 0 Å². The molecule has 2 aliphatic carbocycles. The van der Waals surface area contributed by atoms with Crippen molar-refractivity contribution in [3.05, 3.63) is 0 Å². The Kier molecular flexibility index (Phi) is 8.77. The van der Waals surface area contributed by atoms with Gasteiger partial charge in [-0.25, -0.2) is 4.79 Å². The lowest BCUT2D eigenvalue weighted by molar-refractivity contribution is -0.135. The largest absolute Gasteiger partial charge is 0.335 e. The molecule has 4 nitrogen and oxygen atoms in total. The summed E-state index contributed by atoms with van der Waals surface area (Å²) in [4.78, 5) is 28.0. The Morgan fingerprint density at radius 2 is 1.40 bits per heavy atom. The average molecular weight is 351 g/mol. The minimum Gasteiger partial charge on any atom is -0.335 e. The third-order valence-electron chi connectivity index (χ3n) is 5.95. The van der Waals surface area contributed by atoms with Gasteiger partial charge in [-0.2, -0.15) is 0 Å². The third kappa shape index (κ3) is 6.00. The molecule has 2 fully saturated rings. The molecule has 0 spiro atoms. The molecule has 0 radical (unpaired) electrons. The molecule has 25 heavy (non-hydrogen) atoms. The van der Waals surface area contributed by atoms with Crippen molar-refractivity contribution in [1.82, 2.24) is 10.2 Å². The fourth-order valence-electron chi connectivity index (χ4n) is 4.56. The van der Waals surface area contributed by atoms with E-state index in [0.717, 1.165) is 64.2 Å². The Morgan fingerprint density at radius 1 is 0.880 bits per heavy atom. The lowest BCUT2D eigenvalue weighted by Crippen LogP contribution is -2.54. The van der Waals surface area contributed by atoms with Gasteiger partial charge in [0.15, 0.2) is 0 Å². The summed E-state index contributed by atoms with van der Waals surface area (Å²) in [7, 11) is 0. The van der Waals surface area contributed by atoms with E-state index in [-0.39, 0.29) is 29.9 Å². The van der Waals surface area contributed by atoms with Crippen LogP contribution < -0.4 is 5.32 Å². The van der Waals surface area contributed by atoms with Crippen LogP contribution in [0.1, 0.15) is 104 Å². The molecule has 2 aliphatic rings. The van der Waals surface area contributed by atoms with Crippen LogP contribution in [0, 0.1) is 5.92 Å². The summed E-state index contributed by atoms with van der Waals surface area (Å²) in [5.41, 5.74) is 0. The number of rotatable bonds is 7. The highest BCUT2D eigenvalue weighted by atomic mass is 16.2. The lowest BCUT2D eigenvalue weighted by Gasteiger charge is -2.36. The number of hydrogen-bond donors (Lipinski definition) is 1. The van der Waals surface area contributed by atoms with Gasteiger partial charge in [-0.15, -0.1) is 0 Å². The summed E-state index contributed by atoms with van der Waals surface area (Å²) >= 11 is 0. The van der Waals surface area contributed by atoms with Gasteiger partial charge in [-0.1, -0.05) is 65.2 Å². The molecule has 0 atom stereocenters. The molecule has 144 valence electrons. The predicted octanol–water partition coefficient (Wildman–Crippen LogP) is 5.41. The molecule has 2 rings (SSSR count). The van der Waals surface area contributed by atoms with Crippen molar-refractivity contribution in [2.24, 2.45) is 5.92 Å². The maximum atomic E-state index is 13.3. The van der Waals surface area contributed by atoms with Gasteiger partial charge in [0.05, 0.1) is 0 Å². The van der Waals surface area contributed by atoms with Crippen LogP contribution in [-0.2, 0) is 4.79 Å². The lowest BCUT2D eigenvalue weighted by atomic mass is 9.91. The van der Waals surface area contributed by atoms with Gasteiger partial charge in [0.1, 0.15) is 0 Å². The van der Waals surface area contributed by atoms with E-state index in [1.54, 1.807) is 4.90 Å². The summed E-state index contributed by atoms with van der Waals surface area (Å²) in [6, 6.07) is 0.262. The maximum absolute atomic E-state index is 13.3. The number of carbonyl (C=O) groups excluding carboxylic acids is 2. The van der Waals surface area contributed by atoms with E-state index in [2.05, 4.69) is 19.2 Å². The summed E-state index contributed by atoms with van der Waals surface area (Å²) in [5, 5.41) is 3.20. The average Bonchev–Trinajstić information content (AvgIpc) is 2.63. The van der Waals surface area contributed by atoms with E-state index in [1.165, 1.54) is 25.7 Å². The Morgan fingerprint density at radius 3 is 1.92 bits per heavy atom. The van der Waals surface area contributed by atoms with Gasteiger partial charge in [-0.3, -0.25) is 9.69 Å². The monoisotopic (exact) mass is 350 g/mol. The first-order chi connectivity index (χ1) is 12.2. The molecule has 1 N–H and O–H groups in total. The molecule has 0 saturated heterocycles. The zero-order chi connectivity index (χ0) is 18.1. The van der Waals surface area contributed by atoms with Gasteiger partial charge in [0.2, 0.25) is 5.91 Å². The number of urea groups is 1. The number of nitrogens with zero attached hydrogens (tertiary/aromatic N) is 1. The quantitative estimate of drug-likeness (QED) is 0.667. The van der Waals surface area contributed by atoms with Gasteiger partial charge >= 0.3 is 6.03 Å². The fraction of sp³-hybridized carbons (Fsp3) is 0.905. The number of imide groups is 1. The second kappa shape index (κ2) is 10.8. The molecule has 0 bridgehead atoms. The standard InChI is InChI=1S/C21H38N2O2/c1-3-11-17(12-4-2)20(24)23(19-15-9-6-10-16-19)21(25)22-18-13-7-5-8-14-18/h17-19H,3-16H2,1-2H3,(H,22,25). The fourth-order valence-corrected chi connectivity index (χ4v) is 4.56. The van der Waals surface area contributed by atoms with Crippen LogP contribution in [-0.4, -0.2) is 28.9 Å². The molecule has 0 aromatic rings. The second-order valence-corrected chi connectivity index (χ2v) is 8.06. The zero-order valence-corrected chi connectivity index (χ0v) is 16.4. The summed E-state index contributed by atoms with van der Waals surface area (Å²) in [5.74, 6) is 0.0953. The first kappa shape index (κ1) is 20.3. The highest BCUT2D eigenvalue weighted by Gasteiger charge is 2.35. The number of hydrogen-bond acceptors (Lipinski definition) is 2. The van der Waals surface area contributed by atoms with Gasteiger partial charge in [0, 0.05) is 18.0 Å². The first-order valence-corrected chi connectivity index (χ1v) is 10.8. The summed E-state index contributed by atoms with van der Waals surface area (Å²) in [6.45, 7) is 4.26. The molecular formula is C21H38N2O2. The molecule has 4 heteroatoms. The Bertz CT molecular complexity index is 406. The van der Waals surface area contributed by atoms with Crippen molar-refractivity contribution in [2.75, 3.05) is 0 Å². The smallest absolute Gasteiger partial charge is 0.324 e. The van der Waals surface area contributed by atoms with Crippen molar-refractivity contribution < 1.29 is 9.59 Å². The van der Waals surface area contributed by atoms with E-state index in [9.17, 15) is 9.59 Å². The summed E-state index contributed by atoms with van der Waals surface area (Å²) < 4.78 is 0. The maximum Gasteiger partial charge on any atom is 0.324 e. The van der Waals surface area contributed by atoms with E-state index in [4.69, 9.17) is 0 Å². The molecule has 3 amide bonds. The highest BCUT2D eigenvalue weighted by Crippen LogP contribution is 2.27. The topological polar surface area (TPSA) is 49.4 Å². The predicted molar refractivity (Wildman–Crippen MR) is 102 cm³/mol. The third-order valence-corrected chi connectivity index (χ3v) is 5.95. The normalized spacial score (nSPS) is 19.8. The molecule has 0 aromatic heterocycles. The van der Waals surface area contributed by atoms with Crippen LogP contribution in [0.3, 0.4) is 0 Å². The molecule has 2 saturated carbocycles. The van der Waals surface area contributed by atoms with Crippen molar-refractivity contribution >= 4 is 11.9 Å². The van der Waals surface area contributed by atoms with Crippen molar-refractivity contribution in [1.29, 1.82) is 0 Å². The first-order valence-electron chi connectivity index (χ1n) is 10.8. The molecule has 0 heterocycles. The minimum absolute atomic E-state index is 0.00836. The van der Waals surface area contributed by atoms with E-state index >= 15 is 0 Å². The Labute approximate surface area is 154 Å². The van der Waals surface area contributed by atoms with Crippen LogP contribution >= 0.6 is 0 Å². The van der Waals surface area contributed by atoms with Crippen LogP contribution in [0.5, 0.6) is 0 Å². The highest BCUT2D eigenvalue weighted by molar-refractivity contribution is 5.96. The van der Waals surface area contributed by atoms with Gasteiger partial charge < -0.3 is 5.32 Å². The Hall–Kier alpha value is -1.06. The number of carbonyl (C=O) groups is 2. The number of amides is 3. The Balaban J connectivity index is 2.09.